The van der Waals surface area contributed by atoms with Crippen molar-refractivity contribution < 1.29 is 13.2 Å². The Labute approximate surface area is 212 Å². The molecule has 0 saturated carbocycles. The van der Waals surface area contributed by atoms with Gasteiger partial charge >= 0.3 is 0 Å². The van der Waals surface area contributed by atoms with Crippen LogP contribution >= 0.6 is 0 Å². The van der Waals surface area contributed by atoms with Crippen molar-refractivity contribution in [3.8, 4) is 11.3 Å². The molecule has 0 unspecified atom stereocenters. The SMILES string of the molecule is CN1CCN(c2ccc(-c3cc4nccnc4c(NC[C@@]4(C)CN(S(C)(=O)=O)CCO4)n3)cc2)CC1. The van der Waals surface area contributed by atoms with Crippen LogP contribution in [0, 0.1) is 0 Å². The van der Waals surface area contributed by atoms with E-state index in [1.807, 2.05) is 13.0 Å². The Morgan fingerprint density at radius 1 is 1.06 bits per heavy atom. The van der Waals surface area contributed by atoms with Crippen molar-refractivity contribution >= 4 is 32.6 Å². The molecule has 0 spiro atoms. The molecule has 2 aliphatic rings. The molecule has 11 heteroatoms. The van der Waals surface area contributed by atoms with E-state index in [0.717, 1.165) is 43.0 Å². The first kappa shape index (κ1) is 24.8. The van der Waals surface area contributed by atoms with Gasteiger partial charge in [-0.3, -0.25) is 4.98 Å². The number of anilines is 2. The van der Waals surface area contributed by atoms with Gasteiger partial charge in [0.1, 0.15) is 5.52 Å². The normalized spacial score (nSPS) is 22.1. The van der Waals surface area contributed by atoms with Crippen molar-refractivity contribution in [2.45, 2.75) is 12.5 Å². The van der Waals surface area contributed by atoms with Crippen LogP contribution in [0.25, 0.3) is 22.3 Å². The maximum atomic E-state index is 12.1. The monoisotopic (exact) mass is 511 g/mol. The molecule has 10 nitrogen and oxygen atoms in total. The van der Waals surface area contributed by atoms with Gasteiger partial charge in [-0.1, -0.05) is 12.1 Å². The van der Waals surface area contributed by atoms with E-state index in [1.54, 1.807) is 12.4 Å². The van der Waals surface area contributed by atoms with Gasteiger partial charge in [0.05, 0.1) is 29.7 Å². The van der Waals surface area contributed by atoms with Crippen molar-refractivity contribution in [2.24, 2.45) is 0 Å². The minimum absolute atomic E-state index is 0.274. The largest absolute Gasteiger partial charge is 0.371 e. The molecule has 2 saturated heterocycles. The molecule has 2 fully saturated rings. The number of fused-ring (bicyclic) bond motifs is 1. The van der Waals surface area contributed by atoms with Gasteiger partial charge < -0.3 is 19.9 Å². The fourth-order valence-electron chi connectivity index (χ4n) is 4.70. The average molecular weight is 512 g/mol. The summed E-state index contributed by atoms with van der Waals surface area (Å²) < 4.78 is 31.6. The molecular formula is C25H33N7O3S. The van der Waals surface area contributed by atoms with Crippen molar-refractivity contribution in [3.05, 3.63) is 42.7 Å². The van der Waals surface area contributed by atoms with E-state index >= 15 is 0 Å². The van der Waals surface area contributed by atoms with Crippen LogP contribution in [0.4, 0.5) is 11.5 Å². The molecule has 4 heterocycles. The lowest BCUT2D eigenvalue weighted by Gasteiger charge is -2.39. The number of benzene rings is 1. The summed E-state index contributed by atoms with van der Waals surface area (Å²) in [6, 6.07) is 10.4. The summed E-state index contributed by atoms with van der Waals surface area (Å²) in [6.45, 7) is 7.43. The van der Waals surface area contributed by atoms with Crippen LogP contribution in [0.1, 0.15) is 6.92 Å². The van der Waals surface area contributed by atoms with E-state index in [9.17, 15) is 8.42 Å². The highest BCUT2D eigenvalue weighted by Crippen LogP contribution is 2.28. The average Bonchev–Trinajstić information content (AvgIpc) is 2.87. The second kappa shape index (κ2) is 9.89. The summed E-state index contributed by atoms with van der Waals surface area (Å²) >= 11 is 0. The van der Waals surface area contributed by atoms with Gasteiger partial charge in [0.15, 0.2) is 5.82 Å². The highest BCUT2D eigenvalue weighted by molar-refractivity contribution is 7.88. The van der Waals surface area contributed by atoms with Crippen LogP contribution in [0.15, 0.2) is 42.7 Å². The quantitative estimate of drug-likeness (QED) is 0.531. The first-order chi connectivity index (χ1) is 17.2. The summed E-state index contributed by atoms with van der Waals surface area (Å²) in [5.74, 6) is 0.597. The minimum atomic E-state index is -3.29. The Kier molecular flexibility index (Phi) is 6.82. The van der Waals surface area contributed by atoms with Crippen molar-refractivity contribution in [1.29, 1.82) is 0 Å². The van der Waals surface area contributed by atoms with Crippen LogP contribution in [0.2, 0.25) is 0 Å². The van der Waals surface area contributed by atoms with E-state index in [0.29, 0.717) is 31.0 Å². The zero-order valence-electron chi connectivity index (χ0n) is 21.0. The molecule has 2 aliphatic heterocycles. The summed E-state index contributed by atoms with van der Waals surface area (Å²) in [7, 11) is -1.13. The Balaban J connectivity index is 1.38. The van der Waals surface area contributed by atoms with E-state index < -0.39 is 15.6 Å². The Hall–Kier alpha value is -2.86. The van der Waals surface area contributed by atoms with Gasteiger partial charge in [0.2, 0.25) is 10.0 Å². The lowest BCUT2D eigenvalue weighted by atomic mass is 10.1. The molecule has 0 radical (unpaired) electrons. The standard InChI is InChI=1S/C25H33N7O3S/c1-25(18-32(14-15-35-25)36(3,33)34)17-28-24-23-22(26-8-9-27-23)16-21(29-24)19-4-6-20(7-5-19)31-12-10-30(2)11-13-31/h4-9,16H,10-15,17-18H2,1-3H3,(H,28,29)/t25-/m0/s1. The maximum absolute atomic E-state index is 12.1. The Bertz CT molecular complexity index is 1330. The lowest BCUT2D eigenvalue weighted by molar-refractivity contribution is -0.0675. The van der Waals surface area contributed by atoms with Crippen LogP contribution in [0.3, 0.4) is 0 Å². The number of aromatic nitrogens is 3. The molecule has 1 atom stereocenters. The van der Waals surface area contributed by atoms with Gasteiger partial charge in [-0.25, -0.2) is 18.4 Å². The van der Waals surface area contributed by atoms with E-state index in [-0.39, 0.29) is 6.54 Å². The fraction of sp³-hybridized carbons (Fsp3) is 0.480. The molecule has 5 rings (SSSR count). The molecule has 0 aliphatic carbocycles. The van der Waals surface area contributed by atoms with E-state index in [1.165, 1.54) is 16.2 Å². The first-order valence-electron chi connectivity index (χ1n) is 12.2. The number of rotatable bonds is 6. The fourth-order valence-corrected chi connectivity index (χ4v) is 5.62. The maximum Gasteiger partial charge on any atom is 0.211 e. The number of hydrogen-bond acceptors (Lipinski definition) is 9. The number of sulfonamides is 1. The topological polar surface area (TPSA) is 104 Å². The second-order valence-corrected chi connectivity index (χ2v) is 11.8. The molecule has 1 N–H and O–H groups in total. The van der Waals surface area contributed by atoms with Crippen LogP contribution in [0.5, 0.6) is 0 Å². The van der Waals surface area contributed by atoms with E-state index in [2.05, 4.69) is 56.4 Å². The van der Waals surface area contributed by atoms with Crippen LogP contribution < -0.4 is 10.2 Å². The lowest BCUT2D eigenvalue weighted by Crippen LogP contribution is -2.54. The van der Waals surface area contributed by atoms with Crippen LogP contribution in [-0.4, -0.2) is 104 Å². The van der Waals surface area contributed by atoms with E-state index in [4.69, 9.17) is 9.72 Å². The van der Waals surface area contributed by atoms with Crippen molar-refractivity contribution in [1.82, 2.24) is 24.2 Å². The predicted molar refractivity (Wildman–Crippen MR) is 142 cm³/mol. The van der Waals surface area contributed by atoms with Gasteiger partial charge in [-0.05, 0) is 32.2 Å². The van der Waals surface area contributed by atoms with Gasteiger partial charge in [-0.2, -0.15) is 4.31 Å². The second-order valence-electron chi connectivity index (χ2n) is 9.87. The highest BCUT2D eigenvalue weighted by atomic mass is 32.2. The first-order valence-corrected chi connectivity index (χ1v) is 14.0. The summed E-state index contributed by atoms with van der Waals surface area (Å²) in [5.41, 5.74) is 3.70. The summed E-state index contributed by atoms with van der Waals surface area (Å²) in [5, 5.41) is 3.37. The third-order valence-electron chi connectivity index (χ3n) is 6.89. The number of piperazine rings is 1. The number of ether oxygens (including phenoxy) is 1. The number of morpholine rings is 1. The third kappa shape index (κ3) is 5.44. The van der Waals surface area contributed by atoms with Crippen LogP contribution in [-0.2, 0) is 14.8 Å². The molecule has 2 aromatic heterocycles. The molecule has 1 aromatic carbocycles. The Morgan fingerprint density at radius 2 is 1.78 bits per heavy atom. The number of likely N-dealkylation sites (N-methyl/N-ethyl adjacent to an activating group) is 1. The third-order valence-corrected chi connectivity index (χ3v) is 8.14. The molecule has 0 bridgehead atoms. The minimum Gasteiger partial charge on any atom is -0.371 e. The number of hydrogen-bond donors (Lipinski definition) is 1. The van der Waals surface area contributed by atoms with Crippen molar-refractivity contribution in [3.63, 3.8) is 0 Å². The zero-order valence-corrected chi connectivity index (χ0v) is 21.8. The molecule has 3 aromatic rings. The predicted octanol–water partition coefficient (Wildman–Crippen LogP) is 1.91. The van der Waals surface area contributed by atoms with Gasteiger partial charge in [0, 0.05) is 69.5 Å². The number of nitrogens with one attached hydrogen (secondary N) is 1. The summed E-state index contributed by atoms with van der Waals surface area (Å²) in [6.07, 6.45) is 4.54. The Morgan fingerprint density at radius 3 is 2.50 bits per heavy atom. The number of pyridine rings is 1. The van der Waals surface area contributed by atoms with Gasteiger partial charge in [0.25, 0.3) is 0 Å². The molecule has 192 valence electrons. The molecular weight excluding hydrogens is 478 g/mol. The molecule has 36 heavy (non-hydrogen) atoms. The molecule has 0 amide bonds. The van der Waals surface area contributed by atoms with Gasteiger partial charge in [-0.15, -0.1) is 0 Å². The summed E-state index contributed by atoms with van der Waals surface area (Å²) in [4.78, 5) is 18.6. The van der Waals surface area contributed by atoms with Crippen molar-refractivity contribution in [2.75, 3.05) is 75.9 Å². The highest BCUT2D eigenvalue weighted by Gasteiger charge is 2.36. The zero-order chi connectivity index (χ0) is 25.3. The number of nitrogens with zero attached hydrogens (tertiary/aromatic N) is 6. The smallest absolute Gasteiger partial charge is 0.211 e.